The topological polar surface area (TPSA) is 148 Å². The Hall–Kier alpha value is -5.29. The zero-order valence-corrected chi connectivity index (χ0v) is 29.7. The Balaban J connectivity index is 1.38. The van der Waals surface area contributed by atoms with Crippen LogP contribution in [0.2, 0.25) is 0 Å². The van der Waals surface area contributed by atoms with Crippen LogP contribution in [0.15, 0.2) is 97.2 Å². The molecule has 4 aromatic rings. The van der Waals surface area contributed by atoms with Gasteiger partial charge in [-0.25, -0.2) is 9.59 Å². The number of carbonyl (C=O) groups excluding carboxylic acids is 2. The number of aromatic nitrogens is 2. The number of rotatable bonds is 14. The van der Waals surface area contributed by atoms with Gasteiger partial charge in [-0.15, -0.1) is 0 Å². The minimum absolute atomic E-state index is 0.0709. The molecular formula is C40H48N6O5. The lowest BCUT2D eigenvalue weighted by atomic mass is 9.84. The largest absolute Gasteiger partial charge is 0.465 e. The molecule has 4 N–H and O–H groups in total. The highest BCUT2D eigenvalue weighted by Crippen LogP contribution is 2.29. The van der Waals surface area contributed by atoms with Crippen molar-refractivity contribution < 1.29 is 24.6 Å². The van der Waals surface area contributed by atoms with Gasteiger partial charge in [0.1, 0.15) is 6.04 Å². The number of aliphatic hydroxyl groups excluding tert-OH is 1. The van der Waals surface area contributed by atoms with E-state index in [1.807, 2.05) is 119 Å². The van der Waals surface area contributed by atoms with E-state index in [0.717, 1.165) is 33.8 Å². The summed E-state index contributed by atoms with van der Waals surface area (Å²) in [5, 5.41) is 26.9. The first kappa shape index (κ1) is 37.0. The molecule has 1 aliphatic heterocycles. The minimum Gasteiger partial charge on any atom is -0.465 e. The number of aryl methyl sites for hydroxylation is 1. The third-order valence-electron chi connectivity index (χ3n) is 9.15. The van der Waals surface area contributed by atoms with Gasteiger partial charge in [-0.2, -0.15) is 0 Å². The lowest BCUT2D eigenvalue weighted by molar-refractivity contribution is -0.129. The van der Waals surface area contributed by atoms with Gasteiger partial charge in [-0.3, -0.25) is 14.8 Å². The van der Waals surface area contributed by atoms with E-state index in [-0.39, 0.29) is 24.8 Å². The lowest BCUT2D eigenvalue weighted by Gasteiger charge is -2.38. The van der Waals surface area contributed by atoms with Crippen molar-refractivity contribution in [1.29, 1.82) is 0 Å². The number of pyridine rings is 2. The third-order valence-corrected chi connectivity index (χ3v) is 9.15. The van der Waals surface area contributed by atoms with E-state index in [0.29, 0.717) is 26.1 Å². The summed E-state index contributed by atoms with van der Waals surface area (Å²) in [6.07, 6.45) is 0.0766. The summed E-state index contributed by atoms with van der Waals surface area (Å²) in [7, 11) is 0. The summed E-state index contributed by atoms with van der Waals surface area (Å²) in [4.78, 5) is 52.3. The summed E-state index contributed by atoms with van der Waals surface area (Å²) in [5.74, 6) is -0.334. The number of hydrogen-bond acceptors (Lipinski definition) is 6. The Bertz CT molecular complexity index is 1760. The second kappa shape index (κ2) is 16.6. The Morgan fingerprint density at radius 2 is 1.57 bits per heavy atom. The van der Waals surface area contributed by atoms with Gasteiger partial charge in [0.25, 0.3) is 0 Å². The van der Waals surface area contributed by atoms with E-state index in [4.69, 9.17) is 0 Å². The molecule has 268 valence electrons. The van der Waals surface area contributed by atoms with Crippen LogP contribution in [-0.4, -0.2) is 85.3 Å². The number of carboxylic acid groups (broad SMARTS) is 1. The molecule has 51 heavy (non-hydrogen) atoms. The van der Waals surface area contributed by atoms with Crippen molar-refractivity contribution in [2.24, 2.45) is 5.41 Å². The molecule has 0 spiro atoms. The highest BCUT2D eigenvalue weighted by atomic mass is 16.4. The van der Waals surface area contributed by atoms with Crippen molar-refractivity contribution in [3.05, 3.63) is 120 Å². The SMILES string of the molecule is Cc1cccc(CN2CCN([C@H](C(=O)N[C@H](Cc3ccc(-c4ccccn4)cc3)C[C@H](O)[C@H](Cc3ccccc3)NC(=O)O)C(C)(C)C)C2=O)n1. The number of hydrogen-bond donors (Lipinski definition) is 4. The van der Waals surface area contributed by atoms with Crippen molar-refractivity contribution in [3.63, 3.8) is 0 Å². The van der Waals surface area contributed by atoms with Crippen LogP contribution in [0.25, 0.3) is 11.3 Å². The molecule has 11 nitrogen and oxygen atoms in total. The standard InChI is InChI=1S/C40H48N6O5/c1-27-11-10-14-31(42-27)26-45-21-22-46(39(45)51)36(40(2,3)4)37(48)43-32(23-29-16-18-30(19-17-29)33-15-8-9-20-41-33)25-35(47)34(44-38(49)50)24-28-12-6-5-7-13-28/h5-20,32,34-36,44,47H,21-26H2,1-4H3,(H,43,48)(H,49,50)/t32-,34+,35+,36-/m1/s1. The summed E-state index contributed by atoms with van der Waals surface area (Å²) >= 11 is 0. The number of nitrogens with zero attached hydrogens (tertiary/aromatic N) is 4. The minimum atomic E-state index is -1.24. The number of carbonyl (C=O) groups is 3. The maximum atomic E-state index is 14.4. The molecular weight excluding hydrogens is 644 g/mol. The summed E-state index contributed by atoms with van der Waals surface area (Å²) in [6, 6.07) is 26.2. The fraction of sp³-hybridized carbons (Fsp3) is 0.375. The molecule has 2 aromatic carbocycles. The van der Waals surface area contributed by atoms with Gasteiger partial charge < -0.3 is 30.6 Å². The predicted molar refractivity (Wildman–Crippen MR) is 196 cm³/mol. The average molecular weight is 693 g/mol. The molecule has 0 radical (unpaired) electrons. The lowest BCUT2D eigenvalue weighted by Crippen LogP contribution is -2.57. The number of urea groups is 1. The fourth-order valence-electron chi connectivity index (χ4n) is 6.74. The molecule has 1 fully saturated rings. The van der Waals surface area contributed by atoms with Gasteiger partial charge in [-0.05, 0) is 67.0 Å². The Morgan fingerprint density at radius 3 is 2.22 bits per heavy atom. The van der Waals surface area contributed by atoms with Gasteiger partial charge in [0.05, 0.1) is 30.1 Å². The first-order chi connectivity index (χ1) is 24.4. The van der Waals surface area contributed by atoms with E-state index in [2.05, 4.69) is 20.6 Å². The molecule has 4 atom stereocenters. The van der Waals surface area contributed by atoms with Crippen LogP contribution in [0.1, 0.15) is 49.7 Å². The van der Waals surface area contributed by atoms with Crippen LogP contribution < -0.4 is 10.6 Å². The van der Waals surface area contributed by atoms with E-state index >= 15 is 0 Å². The Morgan fingerprint density at radius 1 is 0.863 bits per heavy atom. The van der Waals surface area contributed by atoms with Crippen LogP contribution in [0.4, 0.5) is 9.59 Å². The van der Waals surface area contributed by atoms with Gasteiger partial charge in [0.2, 0.25) is 5.91 Å². The number of amides is 4. The third kappa shape index (κ3) is 10.1. The Labute approximate surface area is 299 Å². The van der Waals surface area contributed by atoms with Crippen LogP contribution in [0.3, 0.4) is 0 Å². The second-order valence-electron chi connectivity index (χ2n) is 14.3. The number of nitrogens with one attached hydrogen (secondary N) is 2. The molecule has 2 aromatic heterocycles. The van der Waals surface area contributed by atoms with Crippen molar-refractivity contribution >= 4 is 18.0 Å². The van der Waals surface area contributed by atoms with Crippen LogP contribution in [0.5, 0.6) is 0 Å². The molecule has 1 aliphatic rings. The Kier molecular flexibility index (Phi) is 12.0. The van der Waals surface area contributed by atoms with Gasteiger partial charge in [0, 0.05) is 36.6 Å². The van der Waals surface area contributed by atoms with Crippen molar-refractivity contribution in [2.45, 2.75) is 77.7 Å². The van der Waals surface area contributed by atoms with E-state index in [1.165, 1.54) is 0 Å². The molecule has 4 amide bonds. The molecule has 0 bridgehead atoms. The van der Waals surface area contributed by atoms with E-state index in [1.54, 1.807) is 16.0 Å². The zero-order chi connectivity index (χ0) is 36.5. The molecule has 0 aliphatic carbocycles. The van der Waals surface area contributed by atoms with Crippen molar-refractivity contribution in [3.8, 4) is 11.3 Å². The maximum absolute atomic E-state index is 14.4. The van der Waals surface area contributed by atoms with Crippen LogP contribution in [0, 0.1) is 12.3 Å². The number of benzene rings is 2. The molecule has 0 saturated carbocycles. The van der Waals surface area contributed by atoms with Crippen molar-refractivity contribution in [2.75, 3.05) is 13.1 Å². The van der Waals surface area contributed by atoms with Gasteiger partial charge >= 0.3 is 12.1 Å². The molecule has 3 heterocycles. The van der Waals surface area contributed by atoms with Gasteiger partial charge in [-0.1, -0.05) is 87.5 Å². The quantitative estimate of drug-likeness (QED) is 0.137. The maximum Gasteiger partial charge on any atom is 0.404 e. The van der Waals surface area contributed by atoms with E-state index in [9.17, 15) is 24.6 Å². The highest BCUT2D eigenvalue weighted by Gasteiger charge is 2.44. The zero-order valence-electron chi connectivity index (χ0n) is 29.7. The van der Waals surface area contributed by atoms with E-state index < -0.39 is 35.7 Å². The van der Waals surface area contributed by atoms with Crippen molar-refractivity contribution in [1.82, 2.24) is 30.4 Å². The molecule has 5 rings (SSSR count). The van der Waals surface area contributed by atoms with Crippen LogP contribution in [-0.2, 0) is 24.2 Å². The fourth-order valence-corrected chi connectivity index (χ4v) is 6.74. The van der Waals surface area contributed by atoms with Crippen LogP contribution >= 0.6 is 0 Å². The summed E-state index contributed by atoms with van der Waals surface area (Å²) in [6.45, 7) is 8.89. The normalized spacial score (nSPS) is 15.6. The monoisotopic (exact) mass is 692 g/mol. The average Bonchev–Trinajstić information content (AvgIpc) is 3.43. The van der Waals surface area contributed by atoms with Gasteiger partial charge in [0.15, 0.2) is 0 Å². The smallest absolute Gasteiger partial charge is 0.404 e. The predicted octanol–water partition coefficient (Wildman–Crippen LogP) is 5.46. The molecule has 0 unspecified atom stereocenters. The summed E-state index contributed by atoms with van der Waals surface area (Å²) < 4.78 is 0. The number of aliphatic hydroxyl groups is 1. The molecule has 11 heteroatoms. The summed E-state index contributed by atoms with van der Waals surface area (Å²) in [5.41, 5.74) is 4.59. The highest BCUT2D eigenvalue weighted by molar-refractivity contribution is 5.89. The second-order valence-corrected chi connectivity index (χ2v) is 14.3. The first-order valence-electron chi connectivity index (χ1n) is 17.4. The molecule has 1 saturated heterocycles. The first-order valence-corrected chi connectivity index (χ1v) is 17.4.